The first kappa shape index (κ1) is 29.1. The van der Waals surface area contributed by atoms with Crippen LogP contribution >= 0.6 is 0 Å². The zero-order chi connectivity index (χ0) is 34.2. The molecule has 0 atom stereocenters. The van der Waals surface area contributed by atoms with Crippen LogP contribution in [0.25, 0.3) is 54.9 Å². The highest BCUT2D eigenvalue weighted by molar-refractivity contribution is 6.09. The molecule has 2 aliphatic rings. The average molecular weight is 660 g/mol. The van der Waals surface area contributed by atoms with Gasteiger partial charge in [-0.15, -0.1) is 0 Å². The second-order valence-corrected chi connectivity index (χ2v) is 14.1. The lowest BCUT2D eigenvalue weighted by atomic mass is 9.70. The highest BCUT2D eigenvalue weighted by Crippen LogP contribution is 2.63. The molecule has 0 aromatic heterocycles. The topological polar surface area (TPSA) is 3.24 Å². The number of fused-ring (bicyclic) bond motifs is 13. The minimum absolute atomic E-state index is 0.405. The maximum atomic E-state index is 2.48. The minimum atomic E-state index is -0.405. The molecule has 0 unspecified atom stereocenters. The van der Waals surface area contributed by atoms with Gasteiger partial charge in [0.15, 0.2) is 0 Å². The molecule has 0 radical (unpaired) electrons. The van der Waals surface area contributed by atoms with Crippen LogP contribution in [0.15, 0.2) is 200 Å². The van der Waals surface area contributed by atoms with Gasteiger partial charge in [0.1, 0.15) is 0 Å². The van der Waals surface area contributed by atoms with Crippen molar-refractivity contribution in [2.75, 3.05) is 4.90 Å². The van der Waals surface area contributed by atoms with Gasteiger partial charge in [-0.05, 0) is 114 Å². The highest BCUT2D eigenvalue weighted by atomic mass is 15.1. The van der Waals surface area contributed by atoms with Crippen molar-refractivity contribution in [2.45, 2.75) is 5.41 Å². The first-order valence-corrected chi connectivity index (χ1v) is 18.1. The minimum Gasteiger partial charge on any atom is -0.310 e. The fourth-order valence-corrected chi connectivity index (χ4v) is 9.23. The van der Waals surface area contributed by atoms with E-state index >= 15 is 0 Å². The maximum absolute atomic E-state index is 2.48. The standard InChI is InChI=1S/C51H33N/c1-2-12-34(13-3-1)35-24-27-38(28-25-35)52(39-29-26-37-23-22-36-14-4-5-15-41(36)46(37)32-39)40-30-31-45-44-18-8-11-21-49(44)51(50(45)33-40)47-19-9-6-16-42(47)43-17-7-10-20-48(43)51/h1-33H. The summed E-state index contributed by atoms with van der Waals surface area (Å²) < 4.78 is 0. The average Bonchev–Trinajstić information content (AvgIpc) is 3.69. The van der Waals surface area contributed by atoms with Crippen LogP contribution in [0, 0.1) is 0 Å². The summed E-state index contributed by atoms with van der Waals surface area (Å²) in [6.45, 7) is 0. The van der Waals surface area contributed by atoms with Crippen LogP contribution in [0.4, 0.5) is 17.1 Å². The van der Waals surface area contributed by atoms with Gasteiger partial charge >= 0.3 is 0 Å². The Morgan fingerprint density at radius 2 is 0.750 bits per heavy atom. The summed E-state index contributed by atoms with van der Waals surface area (Å²) in [6.07, 6.45) is 0. The van der Waals surface area contributed by atoms with Crippen molar-refractivity contribution < 1.29 is 0 Å². The van der Waals surface area contributed by atoms with Crippen LogP contribution in [-0.4, -0.2) is 0 Å². The zero-order valence-corrected chi connectivity index (χ0v) is 28.5. The van der Waals surface area contributed by atoms with Crippen LogP contribution in [0.2, 0.25) is 0 Å². The largest absolute Gasteiger partial charge is 0.310 e. The van der Waals surface area contributed by atoms with E-state index in [4.69, 9.17) is 0 Å². The number of rotatable bonds is 4. The van der Waals surface area contributed by atoms with Crippen molar-refractivity contribution in [2.24, 2.45) is 0 Å². The first-order chi connectivity index (χ1) is 25.8. The van der Waals surface area contributed by atoms with Gasteiger partial charge in [0.05, 0.1) is 5.41 Å². The highest BCUT2D eigenvalue weighted by Gasteiger charge is 2.51. The molecule has 0 N–H and O–H groups in total. The molecule has 0 aliphatic heterocycles. The Labute approximate surface area is 303 Å². The third kappa shape index (κ3) is 4.05. The number of benzene rings is 9. The number of anilines is 3. The van der Waals surface area contributed by atoms with Gasteiger partial charge in [0.2, 0.25) is 0 Å². The smallest absolute Gasteiger partial charge is 0.0726 e. The SMILES string of the molecule is c1ccc(-c2ccc(N(c3ccc4c(c3)C3(c5ccccc5-c5ccccc53)c3ccccc3-4)c3ccc4ccc5ccccc5c4c3)cc2)cc1. The lowest BCUT2D eigenvalue weighted by Gasteiger charge is -2.32. The van der Waals surface area contributed by atoms with Gasteiger partial charge in [0, 0.05) is 17.1 Å². The van der Waals surface area contributed by atoms with Gasteiger partial charge in [-0.1, -0.05) is 164 Å². The Morgan fingerprint density at radius 3 is 1.42 bits per heavy atom. The zero-order valence-electron chi connectivity index (χ0n) is 28.5. The Morgan fingerprint density at radius 1 is 0.288 bits per heavy atom. The van der Waals surface area contributed by atoms with Crippen molar-refractivity contribution in [3.63, 3.8) is 0 Å². The summed E-state index contributed by atoms with van der Waals surface area (Å²) in [5.41, 5.74) is 16.1. The Balaban J connectivity index is 1.17. The van der Waals surface area contributed by atoms with E-state index in [1.54, 1.807) is 0 Å². The van der Waals surface area contributed by atoms with Gasteiger partial charge in [-0.3, -0.25) is 0 Å². The Hall–Kier alpha value is -6.70. The Kier molecular flexibility index (Phi) is 6.23. The van der Waals surface area contributed by atoms with Crippen LogP contribution in [0.3, 0.4) is 0 Å². The molecule has 11 rings (SSSR count). The van der Waals surface area contributed by atoms with E-state index in [1.165, 1.54) is 77.2 Å². The molecule has 9 aromatic carbocycles. The summed E-state index contributed by atoms with van der Waals surface area (Å²) in [5, 5.41) is 5.01. The summed E-state index contributed by atoms with van der Waals surface area (Å²) in [6, 6.07) is 74.1. The van der Waals surface area contributed by atoms with Crippen LogP contribution in [0.5, 0.6) is 0 Å². The van der Waals surface area contributed by atoms with Crippen LogP contribution < -0.4 is 4.90 Å². The molecule has 2 aliphatic carbocycles. The maximum Gasteiger partial charge on any atom is 0.0726 e. The van der Waals surface area contributed by atoms with E-state index < -0.39 is 5.41 Å². The number of hydrogen-bond donors (Lipinski definition) is 0. The molecule has 0 fully saturated rings. The second-order valence-electron chi connectivity index (χ2n) is 14.1. The first-order valence-electron chi connectivity index (χ1n) is 18.1. The second kappa shape index (κ2) is 11.2. The quantitative estimate of drug-likeness (QED) is 0.170. The third-order valence-electron chi connectivity index (χ3n) is 11.5. The van der Waals surface area contributed by atoms with Crippen LogP contribution in [0.1, 0.15) is 22.3 Å². The molecule has 1 nitrogen and oxygen atoms in total. The lowest BCUT2D eigenvalue weighted by molar-refractivity contribution is 0.793. The van der Waals surface area contributed by atoms with Gasteiger partial charge < -0.3 is 4.90 Å². The van der Waals surface area contributed by atoms with Crippen LogP contribution in [-0.2, 0) is 5.41 Å². The van der Waals surface area contributed by atoms with Crippen molar-refractivity contribution >= 4 is 38.6 Å². The predicted molar refractivity (Wildman–Crippen MR) is 218 cm³/mol. The summed E-state index contributed by atoms with van der Waals surface area (Å²) >= 11 is 0. The molecule has 0 heterocycles. The van der Waals surface area contributed by atoms with Gasteiger partial charge in [-0.2, -0.15) is 0 Å². The van der Waals surface area contributed by atoms with Gasteiger partial charge in [-0.25, -0.2) is 0 Å². The molecular weight excluding hydrogens is 627 g/mol. The van der Waals surface area contributed by atoms with E-state index in [0.29, 0.717) is 0 Å². The predicted octanol–water partition coefficient (Wildman–Crippen LogP) is 13.5. The Bertz CT molecular complexity index is 2780. The molecular formula is C51H33N. The fraction of sp³-hybridized carbons (Fsp3) is 0.0196. The van der Waals surface area contributed by atoms with Crippen molar-refractivity contribution in [1.29, 1.82) is 0 Å². The monoisotopic (exact) mass is 659 g/mol. The normalized spacial score (nSPS) is 13.2. The van der Waals surface area contributed by atoms with E-state index in [-0.39, 0.29) is 0 Å². The third-order valence-corrected chi connectivity index (χ3v) is 11.5. The summed E-state index contributed by atoms with van der Waals surface area (Å²) in [5.74, 6) is 0. The van der Waals surface area contributed by atoms with Crippen molar-refractivity contribution in [3.05, 3.63) is 222 Å². The molecule has 1 spiro atoms. The van der Waals surface area contributed by atoms with E-state index in [9.17, 15) is 0 Å². The lowest BCUT2D eigenvalue weighted by Crippen LogP contribution is -2.26. The van der Waals surface area contributed by atoms with Crippen molar-refractivity contribution in [1.82, 2.24) is 0 Å². The van der Waals surface area contributed by atoms with E-state index in [1.807, 2.05) is 0 Å². The molecule has 242 valence electrons. The fourth-order valence-electron chi connectivity index (χ4n) is 9.23. The molecule has 52 heavy (non-hydrogen) atoms. The van der Waals surface area contributed by atoms with Gasteiger partial charge in [0.25, 0.3) is 0 Å². The van der Waals surface area contributed by atoms with E-state index in [0.717, 1.165) is 17.1 Å². The van der Waals surface area contributed by atoms with E-state index in [2.05, 4.69) is 205 Å². The molecule has 1 heteroatoms. The molecule has 0 saturated carbocycles. The molecule has 0 saturated heterocycles. The van der Waals surface area contributed by atoms with Crippen molar-refractivity contribution in [3.8, 4) is 33.4 Å². The summed E-state index contributed by atoms with van der Waals surface area (Å²) in [4.78, 5) is 2.44. The molecule has 0 bridgehead atoms. The number of hydrogen-bond acceptors (Lipinski definition) is 1. The number of nitrogens with zero attached hydrogens (tertiary/aromatic N) is 1. The summed E-state index contributed by atoms with van der Waals surface area (Å²) in [7, 11) is 0. The molecule has 0 amide bonds. The molecule has 9 aromatic rings.